The SMILES string of the molecule is O=C(COC(=O)c1ccc(NC2CC2)c([N+](=O)[O-])c1)NCC1CCCCC1. The van der Waals surface area contributed by atoms with E-state index in [1.54, 1.807) is 0 Å². The number of amides is 1. The lowest BCUT2D eigenvalue weighted by molar-refractivity contribution is -0.384. The van der Waals surface area contributed by atoms with Crippen LogP contribution in [-0.4, -0.2) is 36.0 Å². The molecule has 1 aromatic rings. The summed E-state index contributed by atoms with van der Waals surface area (Å²) in [6, 6.07) is 4.43. The van der Waals surface area contributed by atoms with Crippen LogP contribution in [0.2, 0.25) is 0 Å². The largest absolute Gasteiger partial charge is 0.452 e. The Morgan fingerprint density at radius 1 is 1.15 bits per heavy atom. The summed E-state index contributed by atoms with van der Waals surface area (Å²) in [6.07, 6.45) is 7.84. The smallest absolute Gasteiger partial charge is 0.338 e. The topological polar surface area (TPSA) is 111 Å². The number of hydrogen-bond acceptors (Lipinski definition) is 6. The van der Waals surface area contributed by atoms with Crippen molar-refractivity contribution in [1.82, 2.24) is 5.32 Å². The molecular weight excluding hydrogens is 350 g/mol. The van der Waals surface area contributed by atoms with Crippen molar-refractivity contribution in [1.29, 1.82) is 0 Å². The quantitative estimate of drug-likeness (QED) is 0.410. The first-order valence-electron chi connectivity index (χ1n) is 9.51. The Morgan fingerprint density at radius 2 is 1.89 bits per heavy atom. The third-order valence-electron chi connectivity index (χ3n) is 5.01. The minimum atomic E-state index is -0.746. The van der Waals surface area contributed by atoms with E-state index in [-0.39, 0.29) is 29.8 Å². The van der Waals surface area contributed by atoms with Crippen LogP contribution < -0.4 is 10.6 Å². The molecule has 1 amide bonds. The van der Waals surface area contributed by atoms with Crippen LogP contribution in [0.5, 0.6) is 0 Å². The zero-order valence-electron chi connectivity index (χ0n) is 15.2. The molecule has 0 aromatic heterocycles. The van der Waals surface area contributed by atoms with Crippen LogP contribution in [0.15, 0.2) is 18.2 Å². The molecule has 0 spiro atoms. The minimum Gasteiger partial charge on any atom is -0.452 e. The molecule has 3 rings (SSSR count). The average molecular weight is 375 g/mol. The molecule has 146 valence electrons. The summed E-state index contributed by atoms with van der Waals surface area (Å²) >= 11 is 0. The average Bonchev–Trinajstić information content (AvgIpc) is 3.49. The van der Waals surface area contributed by atoms with E-state index in [1.165, 1.54) is 37.5 Å². The highest BCUT2D eigenvalue weighted by Gasteiger charge is 2.26. The number of nitro benzene ring substituents is 1. The summed E-state index contributed by atoms with van der Waals surface area (Å²) in [5.74, 6) is -0.605. The second-order valence-electron chi connectivity index (χ2n) is 7.29. The van der Waals surface area contributed by atoms with E-state index in [4.69, 9.17) is 4.74 Å². The molecule has 8 heteroatoms. The Labute approximate surface area is 157 Å². The van der Waals surface area contributed by atoms with Crippen LogP contribution >= 0.6 is 0 Å². The molecule has 0 atom stereocenters. The number of nitrogens with one attached hydrogen (secondary N) is 2. The van der Waals surface area contributed by atoms with Gasteiger partial charge in [-0.15, -0.1) is 0 Å². The zero-order chi connectivity index (χ0) is 19.2. The van der Waals surface area contributed by atoms with E-state index >= 15 is 0 Å². The van der Waals surface area contributed by atoms with Gasteiger partial charge < -0.3 is 15.4 Å². The molecule has 2 aliphatic carbocycles. The fraction of sp³-hybridized carbons (Fsp3) is 0.579. The van der Waals surface area contributed by atoms with Gasteiger partial charge in [0, 0.05) is 18.7 Å². The van der Waals surface area contributed by atoms with Gasteiger partial charge in [0.15, 0.2) is 6.61 Å². The summed E-state index contributed by atoms with van der Waals surface area (Å²) in [6.45, 7) is 0.213. The number of carbonyl (C=O) groups excluding carboxylic acids is 2. The Kier molecular flexibility index (Phi) is 6.26. The number of nitro groups is 1. The molecule has 8 nitrogen and oxygen atoms in total. The van der Waals surface area contributed by atoms with Crippen LogP contribution in [0.3, 0.4) is 0 Å². The number of carbonyl (C=O) groups is 2. The van der Waals surface area contributed by atoms with E-state index in [9.17, 15) is 19.7 Å². The maximum atomic E-state index is 12.1. The molecule has 2 aliphatic rings. The molecule has 0 radical (unpaired) electrons. The highest BCUT2D eigenvalue weighted by molar-refractivity contribution is 5.93. The summed E-state index contributed by atoms with van der Waals surface area (Å²) < 4.78 is 5.00. The lowest BCUT2D eigenvalue weighted by Gasteiger charge is -2.21. The number of ether oxygens (including phenoxy) is 1. The molecule has 2 N–H and O–H groups in total. The van der Waals surface area contributed by atoms with Gasteiger partial charge in [0.05, 0.1) is 10.5 Å². The van der Waals surface area contributed by atoms with Gasteiger partial charge in [-0.1, -0.05) is 19.3 Å². The van der Waals surface area contributed by atoms with Crippen molar-refractivity contribution >= 4 is 23.3 Å². The number of rotatable bonds is 8. The van der Waals surface area contributed by atoms with Crippen LogP contribution in [0.1, 0.15) is 55.3 Å². The Morgan fingerprint density at radius 3 is 2.56 bits per heavy atom. The van der Waals surface area contributed by atoms with Crippen molar-refractivity contribution in [3.63, 3.8) is 0 Å². The first-order valence-corrected chi connectivity index (χ1v) is 9.51. The van der Waals surface area contributed by atoms with Gasteiger partial charge in [-0.2, -0.15) is 0 Å². The molecule has 0 heterocycles. The number of benzene rings is 1. The number of anilines is 1. The molecule has 2 saturated carbocycles. The van der Waals surface area contributed by atoms with E-state index in [0.717, 1.165) is 25.7 Å². The lowest BCUT2D eigenvalue weighted by atomic mass is 9.89. The second kappa shape index (κ2) is 8.83. The van der Waals surface area contributed by atoms with Gasteiger partial charge in [0.2, 0.25) is 0 Å². The Bertz CT molecular complexity index is 711. The first-order chi connectivity index (χ1) is 13.0. The van der Waals surface area contributed by atoms with Gasteiger partial charge in [-0.25, -0.2) is 4.79 Å². The third-order valence-corrected chi connectivity index (χ3v) is 5.01. The molecular formula is C19H25N3O5. The Balaban J connectivity index is 1.50. The van der Waals surface area contributed by atoms with Crippen molar-refractivity contribution in [2.45, 2.75) is 51.0 Å². The summed E-state index contributed by atoms with van der Waals surface area (Å²) in [4.78, 5) is 34.7. The second-order valence-corrected chi connectivity index (χ2v) is 7.29. The van der Waals surface area contributed by atoms with E-state index in [2.05, 4.69) is 10.6 Å². The highest BCUT2D eigenvalue weighted by Crippen LogP contribution is 2.31. The molecule has 2 fully saturated rings. The van der Waals surface area contributed by atoms with Crippen molar-refractivity contribution in [2.75, 3.05) is 18.5 Å². The van der Waals surface area contributed by atoms with Crippen molar-refractivity contribution in [3.8, 4) is 0 Å². The summed E-state index contributed by atoms with van der Waals surface area (Å²) in [7, 11) is 0. The van der Waals surface area contributed by atoms with Gasteiger partial charge in [0.1, 0.15) is 5.69 Å². The molecule has 27 heavy (non-hydrogen) atoms. The Hall–Kier alpha value is -2.64. The van der Waals surface area contributed by atoms with Crippen LogP contribution in [0, 0.1) is 16.0 Å². The van der Waals surface area contributed by atoms with Crippen LogP contribution in [-0.2, 0) is 9.53 Å². The van der Waals surface area contributed by atoms with E-state index in [0.29, 0.717) is 18.2 Å². The van der Waals surface area contributed by atoms with Gasteiger partial charge >= 0.3 is 5.97 Å². The van der Waals surface area contributed by atoms with E-state index < -0.39 is 10.9 Å². The van der Waals surface area contributed by atoms with Crippen LogP contribution in [0.4, 0.5) is 11.4 Å². The predicted octanol–water partition coefficient (Wildman–Crippen LogP) is 3.02. The number of nitrogens with zero attached hydrogens (tertiary/aromatic N) is 1. The summed E-state index contributed by atoms with van der Waals surface area (Å²) in [5.41, 5.74) is 0.283. The lowest BCUT2D eigenvalue weighted by Crippen LogP contribution is -2.33. The zero-order valence-corrected chi connectivity index (χ0v) is 15.2. The monoisotopic (exact) mass is 375 g/mol. The van der Waals surface area contributed by atoms with Crippen molar-refractivity contribution < 1.29 is 19.2 Å². The van der Waals surface area contributed by atoms with Gasteiger partial charge in [-0.3, -0.25) is 14.9 Å². The minimum absolute atomic E-state index is 0.0585. The molecule has 0 saturated heterocycles. The molecule has 0 bridgehead atoms. The number of hydrogen-bond donors (Lipinski definition) is 2. The molecule has 0 unspecified atom stereocenters. The maximum Gasteiger partial charge on any atom is 0.338 e. The summed E-state index contributed by atoms with van der Waals surface area (Å²) in [5, 5.41) is 17.1. The molecule has 1 aromatic carbocycles. The fourth-order valence-corrected chi connectivity index (χ4v) is 3.29. The van der Waals surface area contributed by atoms with Crippen molar-refractivity contribution in [2.24, 2.45) is 5.92 Å². The van der Waals surface area contributed by atoms with Crippen LogP contribution in [0.25, 0.3) is 0 Å². The van der Waals surface area contributed by atoms with Crippen molar-refractivity contribution in [3.05, 3.63) is 33.9 Å². The normalized spacial score (nSPS) is 17.2. The maximum absolute atomic E-state index is 12.1. The highest BCUT2D eigenvalue weighted by atomic mass is 16.6. The molecule has 0 aliphatic heterocycles. The fourth-order valence-electron chi connectivity index (χ4n) is 3.29. The van der Waals surface area contributed by atoms with E-state index in [1.807, 2.05) is 0 Å². The predicted molar refractivity (Wildman–Crippen MR) is 99.6 cm³/mol. The van der Waals surface area contributed by atoms with Gasteiger partial charge in [0.25, 0.3) is 11.6 Å². The van der Waals surface area contributed by atoms with Gasteiger partial charge in [-0.05, 0) is 43.7 Å². The third kappa shape index (κ3) is 5.67. The standard InChI is InChI=1S/C19H25N3O5/c23-18(20-11-13-4-2-1-3-5-13)12-27-19(24)14-6-9-16(21-15-7-8-15)17(10-14)22(25)26/h6,9-10,13,15,21H,1-5,7-8,11-12H2,(H,20,23). The number of esters is 1. The first kappa shape index (κ1) is 19.1.